The van der Waals surface area contributed by atoms with Crippen molar-refractivity contribution in [2.75, 3.05) is 20.3 Å². The topological polar surface area (TPSA) is 65.0 Å². The van der Waals surface area contributed by atoms with Crippen molar-refractivity contribution >= 4 is 5.97 Å². The van der Waals surface area contributed by atoms with Crippen LogP contribution in [0.2, 0.25) is 0 Å². The van der Waals surface area contributed by atoms with Gasteiger partial charge >= 0.3 is 29.8 Å². The van der Waals surface area contributed by atoms with Crippen molar-refractivity contribution in [3.8, 4) is 5.75 Å². The molecule has 5 nitrogen and oxygen atoms in total. The first-order chi connectivity index (χ1) is 12.7. The Morgan fingerprint density at radius 1 is 0.929 bits per heavy atom. The summed E-state index contributed by atoms with van der Waals surface area (Å²) in [5.41, 5.74) is 0.00811. The van der Waals surface area contributed by atoms with E-state index in [0.717, 1.165) is 24.3 Å². The summed E-state index contributed by atoms with van der Waals surface area (Å²) in [6.07, 6.45) is -4.51. The molecule has 0 spiro atoms. The number of hydrogen-bond acceptors (Lipinski definition) is 4. The van der Waals surface area contributed by atoms with Crippen molar-refractivity contribution < 1.29 is 59.2 Å². The Bertz CT molecular complexity index is 663. The molecule has 0 fully saturated rings. The first kappa shape index (κ1) is 23.9. The fourth-order valence-corrected chi connectivity index (χ4v) is 1.77. The summed E-state index contributed by atoms with van der Waals surface area (Å²) in [6, 6.07) is 3.66. The molecule has 0 atom stereocenters. The van der Waals surface area contributed by atoms with Gasteiger partial charge in [-0.05, 0) is 17.7 Å². The zero-order valence-corrected chi connectivity index (χ0v) is 14.0. The molecule has 0 heterocycles. The molecule has 0 aliphatic carbocycles. The lowest BCUT2D eigenvalue weighted by Crippen LogP contribution is -2.57. The summed E-state index contributed by atoms with van der Waals surface area (Å²) in [5.74, 6) is -19.3. The molecule has 28 heavy (non-hydrogen) atoms. The van der Waals surface area contributed by atoms with Crippen molar-refractivity contribution in [3.63, 3.8) is 0 Å². The Morgan fingerprint density at radius 2 is 1.43 bits per heavy atom. The predicted octanol–water partition coefficient (Wildman–Crippen LogP) is 3.81. The SMILES string of the molecule is COCC(F)(F)C(F)(F)C(F)(F)COCc1ccc(OC(F)(F)C(=O)O)cc1. The molecule has 0 unspecified atom stereocenters. The second kappa shape index (κ2) is 8.47. The molecule has 1 aromatic carbocycles. The maximum atomic E-state index is 13.5. The van der Waals surface area contributed by atoms with Crippen molar-refractivity contribution in [2.45, 2.75) is 30.5 Å². The monoisotopic (exact) mass is 426 g/mol. The van der Waals surface area contributed by atoms with Crippen LogP contribution in [0.3, 0.4) is 0 Å². The van der Waals surface area contributed by atoms with Crippen LogP contribution >= 0.6 is 0 Å². The highest BCUT2D eigenvalue weighted by Crippen LogP contribution is 2.46. The molecular formula is C15H14F8O5. The predicted molar refractivity (Wildman–Crippen MR) is 76.0 cm³/mol. The standard InChI is InChI=1S/C15H14F8O5/c1-26-7-12(16,17)15(22,23)13(18,19)8-27-6-9-2-4-10(5-3-9)28-14(20,21)11(24)25/h2-5H,6-8H2,1H3,(H,24,25). The summed E-state index contributed by atoms with van der Waals surface area (Å²) in [7, 11) is 0.637. The van der Waals surface area contributed by atoms with E-state index in [1.807, 2.05) is 0 Å². The van der Waals surface area contributed by atoms with E-state index in [1.54, 1.807) is 0 Å². The molecule has 0 aliphatic rings. The van der Waals surface area contributed by atoms with Gasteiger partial charge in [0.1, 0.15) is 19.0 Å². The summed E-state index contributed by atoms with van der Waals surface area (Å²) in [6.45, 7) is -4.75. The molecule has 13 heteroatoms. The number of benzene rings is 1. The van der Waals surface area contributed by atoms with Gasteiger partial charge in [-0.3, -0.25) is 0 Å². The van der Waals surface area contributed by atoms with Gasteiger partial charge in [-0.2, -0.15) is 35.1 Å². The third-order valence-corrected chi connectivity index (χ3v) is 3.21. The smallest absolute Gasteiger partial charge is 0.474 e. The molecule has 1 rings (SSSR count). The van der Waals surface area contributed by atoms with Crippen LogP contribution in [-0.4, -0.2) is 55.3 Å². The number of carbonyl (C=O) groups is 1. The molecule has 0 saturated heterocycles. The Kier molecular flexibility index (Phi) is 7.23. The van der Waals surface area contributed by atoms with Gasteiger partial charge < -0.3 is 19.3 Å². The van der Waals surface area contributed by atoms with E-state index >= 15 is 0 Å². The molecule has 1 N–H and O–H groups in total. The van der Waals surface area contributed by atoms with Gasteiger partial charge in [0, 0.05) is 7.11 Å². The summed E-state index contributed by atoms with van der Waals surface area (Å²) in [4.78, 5) is 10.2. The molecule has 0 aromatic heterocycles. The molecule has 0 radical (unpaired) electrons. The lowest BCUT2D eigenvalue weighted by molar-refractivity contribution is -0.328. The average Bonchev–Trinajstić information content (AvgIpc) is 2.55. The van der Waals surface area contributed by atoms with Gasteiger partial charge in [-0.1, -0.05) is 12.1 Å². The first-order valence-electron chi connectivity index (χ1n) is 7.25. The number of methoxy groups -OCH3 is 1. The molecular weight excluding hydrogens is 412 g/mol. The highest BCUT2D eigenvalue weighted by atomic mass is 19.3. The van der Waals surface area contributed by atoms with Crippen LogP contribution in [0.4, 0.5) is 35.1 Å². The van der Waals surface area contributed by atoms with Gasteiger partial charge in [0.05, 0.1) is 6.61 Å². The lowest BCUT2D eigenvalue weighted by Gasteiger charge is -2.32. The van der Waals surface area contributed by atoms with Crippen molar-refractivity contribution in [3.05, 3.63) is 29.8 Å². The number of carboxylic acid groups (broad SMARTS) is 1. The summed E-state index contributed by atoms with van der Waals surface area (Å²) < 4.78 is 118. The highest BCUT2D eigenvalue weighted by molar-refractivity contribution is 5.73. The fraction of sp³-hybridized carbons (Fsp3) is 0.533. The second-order valence-corrected chi connectivity index (χ2v) is 5.48. The Balaban J connectivity index is 2.69. The summed E-state index contributed by atoms with van der Waals surface area (Å²) >= 11 is 0. The number of rotatable bonds is 11. The number of hydrogen-bond donors (Lipinski definition) is 1. The Hall–Kier alpha value is -2.15. The maximum Gasteiger partial charge on any atom is 0.501 e. The number of aliphatic carboxylic acids is 1. The van der Waals surface area contributed by atoms with E-state index < -0.39 is 55.4 Å². The highest BCUT2D eigenvalue weighted by Gasteiger charge is 2.71. The Morgan fingerprint density at radius 3 is 1.89 bits per heavy atom. The van der Waals surface area contributed by atoms with Gasteiger partial charge in [0.25, 0.3) is 0 Å². The van der Waals surface area contributed by atoms with E-state index in [-0.39, 0.29) is 5.56 Å². The molecule has 0 saturated carbocycles. The minimum Gasteiger partial charge on any atom is -0.474 e. The largest absolute Gasteiger partial charge is 0.501 e. The van der Waals surface area contributed by atoms with E-state index in [4.69, 9.17) is 5.11 Å². The minimum absolute atomic E-state index is 0.00811. The first-order valence-corrected chi connectivity index (χ1v) is 7.25. The fourth-order valence-electron chi connectivity index (χ4n) is 1.77. The summed E-state index contributed by atoms with van der Waals surface area (Å²) in [5, 5.41) is 8.22. The molecule has 0 amide bonds. The lowest BCUT2D eigenvalue weighted by atomic mass is 10.1. The number of alkyl halides is 8. The number of ether oxygens (including phenoxy) is 3. The van der Waals surface area contributed by atoms with Crippen LogP contribution in [0, 0.1) is 0 Å². The van der Waals surface area contributed by atoms with E-state index in [9.17, 15) is 39.9 Å². The molecule has 160 valence electrons. The van der Waals surface area contributed by atoms with Crippen molar-refractivity contribution in [1.82, 2.24) is 0 Å². The van der Waals surface area contributed by atoms with Crippen LogP contribution in [0.15, 0.2) is 24.3 Å². The van der Waals surface area contributed by atoms with Gasteiger partial charge in [-0.25, -0.2) is 4.79 Å². The second-order valence-electron chi connectivity index (χ2n) is 5.48. The number of halogens is 8. The van der Waals surface area contributed by atoms with Crippen molar-refractivity contribution in [2.24, 2.45) is 0 Å². The van der Waals surface area contributed by atoms with Crippen LogP contribution < -0.4 is 4.74 Å². The van der Waals surface area contributed by atoms with Crippen LogP contribution in [0.5, 0.6) is 5.75 Å². The average molecular weight is 426 g/mol. The normalized spacial score (nSPS) is 13.5. The number of carboxylic acids is 1. The molecule has 1 aromatic rings. The molecule has 0 aliphatic heterocycles. The van der Waals surface area contributed by atoms with Crippen LogP contribution in [0.1, 0.15) is 5.56 Å². The minimum atomic E-state index is -5.75. The zero-order valence-electron chi connectivity index (χ0n) is 14.0. The van der Waals surface area contributed by atoms with E-state index in [0.29, 0.717) is 7.11 Å². The maximum absolute atomic E-state index is 13.5. The zero-order chi connectivity index (χ0) is 21.8. The quantitative estimate of drug-likeness (QED) is 0.546. The molecule has 0 bridgehead atoms. The third kappa shape index (κ3) is 5.44. The Labute approximate surface area is 152 Å². The van der Waals surface area contributed by atoms with Gasteiger partial charge in [-0.15, -0.1) is 0 Å². The van der Waals surface area contributed by atoms with E-state index in [1.165, 1.54) is 0 Å². The van der Waals surface area contributed by atoms with Gasteiger partial charge in [0.2, 0.25) is 0 Å². The third-order valence-electron chi connectivity index (χ3n) is 3.21. The van der Waals surface area contributed by atoms with Crippen LogP contribution in [-0.2, 0) is 20.9 Å². The van der Waals surface area contributed by atoms with Crippen molar-refractivity contribution in [1.29, 1.82) is 0 Å². The van der Waals surface area contributed by atoms with Crippen LogP contribution in [0.25, 0.3) is 0 Å². The van der Waals surface area contributed by atoms with Gasteiger partial charge in [0.15, 0.2) is 0 Å². The van der Waals surface area contributed by atoms with E-state index in [2.05, 4.69) is 14.2 Å².